The van der Waals surface area contributed by atoms with Crippen LogP contribution < -0.4 is 10.5 Å². The summed E-state index contributed by atoms with van der Waals surface area (Å²) in [6.45, 7) is 2.48. The van der Waals surface area contributed by atoms with Gasteiger partial charge < -0.3 is 10.5 Å². The molecule has 122 valence electrons. The second kappa shape index (κ2) is 7.52. The van der Waals surface area contributed by atoms with Gasteiger partial charge in [-0.25, -0.2) is 0 Å². The quantitative estimate of drug-likeness (QED) is 0.657. The van der Waals surface area contributed by atoms with E-state index in [9.17, 15) is 0 Å². The molecule has 0 bridgehead atoms. The Morgan fingerprint density at radius 3 is 2.38 bits per heavy atom. The third-order valence-electron chi connectivity index (χ3n) is 3.91. The van der Waals surface area contributed by atoms with Crippen molar-refractivity contribution in [2.75, 3.05) is 0 Å². The summed E-state index contributed by atoms with van der Waals surface area (Å²) in [5.41, 5.74) is 10.1. The first-order chi connectivity index (χ1) is 11.6. The minimum Gasteiger partial charge on any atom is -0.489 e. The molecule has 0 amide bonds. The number of hydrogen-bond donors (Lipinski definition) is 1. The molecule has 2 N–H and O–H groups in total. The van der Waals surface area contributed by atoms with E-state index < -0.39 is 0 Å². The fourth-order valence-corrected chi connectivity index (χ4v) is 2.93. The molecule has 3 heteroatoms. The second-order valence-corrected chi connectivity index (χ2v) is 6.23. The third kappa shape index (κ3) is 3.97. The average Bonchev–Trinajstić information content (AvgIpc) is 2.61. The Morgan fingerprint density at radius 2 is 1.67 bits per heavy atom. The molecule has 2 nitrogen and oxygen atoms in total. The lowest BCUT2D eigenvalue weighted by Gasteiger charge is -2.12. The highest BCUT2D eigenvalue weighted by atomic mass is 35.5. The number of halogens is 1. The number of ether oxygens (including phenoxy) is 1. The highest BCUT2D eigenvalue weighted by molar-refractivity contribution is 6.31. The van der Waals surface area contributed by atoms with E-state index in [-0.39, 0.29) is 6.04 Å². The van der Waals surface area contributed by atoms with Crippen molar-refractivity contribution >= 4 is 11.6 Å². The lowest BCUT2D eigenvalue weighted by Crippen LogP contribution is -2.05. The molecule has 1 unspecified atom stereocenters. The maximum Gasteiger partial charge on any atom is 0.120 e. The molecule has 3 aromatic rings. The molecule has 0 aromatic heterocycles. The lowest BCUT2D eigenvalue weighted by atomic mass is 10.0. The maximum atomic E-state index is 6.34. The van der Waals surface area contributed by atoms with Crippen LogP contribution in [0.25, 0.3) is 11.1 Å². The molecule has 0 aliphatic rings. The van der Waals surface area contributed by atoms with Gasteiger partial charge in [-0.1, -0.05) is 66.2 Å². The summed E-state index contributed by atoms with van der Waals surface area (Å²) in [7, 11) is 0. The van der Waals surface area contributed by atoms with Crippen molar-refractivity contribution in [1.29, 1.82) is 0 Å². The zero-order valence-electron chi connectivity index (χ0n) is 13.6. The van der Waals surface area contributed by atoms with Crippen molar-refractivity contribution in [2.45, 2.75) is 19.6 Å². The first-order valence-electron chi connectivity index (χ1n) is 7.95. The highest BCUT2D eigenvalue weighted by Gasteiger charge is 2.08. The Balaban J connectivity index is 1.79. The van der Waals surface area contributed by atoms with E-state index in [2.05, 4.69) is 12.1 Å². The lowest BCUT2D eigenvalue weighted by molar-refractivity contribution is 0.306. The van der Waals surface area contributed by atoms with Gasteiger partial charge in [0.1, 0.15) is 12.4 Å². The van der Waals surface area contributed by atoms with Crippen LogP contribution >= 0.6 is 11.6 Å². The molecule has 0 radical (unpaired) electrons. The Bertz CT molecular complexity index is 815. The SMILES string of the molecule is CC(N)c1ccc(-c2cccc(OCc3ccccc3)c2)cc1Cl. The Hall–Kier alpha value is -2.29. The zero-order chi connectivity index (χ0) is 16.9. The Labute approximate surface area is 147 Å². The van der Waals surface area contributed by atoms with Gasteiger partial charge in [0.15, 0.2) is 0 Å². The summed E-state index contributed by atoms with van der Waals surface area (Å²) < 4.78 is 5.89. The predicted molar refractivity (Wildman–Crippen MR) is 100 cm³/mol. The van der Waals surface area contributed by atoms with Crippen LogP contribution in [-0.2, 0) is 6.61 Å². The summed E-state index contributed by atoms with van der Waals surface area (Å²) in [5, 5.41) is 0.693. The van der Waals surface area contributed by atoms with E-state index in [1.54, 1.807) is 0 Å². The Kier molecular flexibility index (Phi) is 5.19. The number of hydrogen-bond acceptors (Lipinski definition) is 2. The fourth-order valence-electron chi connectivity index (χ4n) is 2.58. The second-order valence-electron chi connectivity index (χ2n) is 5.83. The van der Waals surface area contributed by atoms with E-state index in [1.807, 2.05) is 67.6 Å². The molecule has 0 aliphatic carbocycles. The fraction of sp³-hybridized carbons (Fsp3) is 0.143. The van der Waals surface area contributed by atoms with Gasteiger partial charge in [0.25, 0.3) is 0 Å². The summed E-state index contributed by atoms with van der Waals surface area (Å²) in [6, 6.07) is 24.1. The van der Waals surface area contributed by atoms with Crippen molar-refractivity contribution in [1.82, 2.24) is 0 Å². The van der Waals surface area contributed by atoms with Crippen molar-refractivity contribution in [3.05, 3.63) is 88.9 Å². The minimum atomic E-state index is -0.0768. The van der Waals surface area contributed by atoms with Crippen LogP contribution in [-0.4, -0.2) is 0 Å². The molecule has 0 aliphatic heterocycles. The van der Waals surface area contributed by atoms with Crippen LogP contribution in [0.1, 0.15) is 24.1 Å². The highest BCUT2D eigenvalue weighted by Crippen LogP contribution is 2.30. The van der Waals surface area contributed by atoms with E-state index in [4.69, 9.17) is 22.1 Å². The normalized spacial score (nSPS) is 12.0. The molecule has 0 fully saturated rings. The molecule has 0 heterocycles. The van der Waals surface area contributed by atoms with Crippen molar-refractivity contribution in [3.8, 4) is 16.9 Å². The zero-order valence-corrected chi connectivity index (χ0v) is 14.3. The van der Waals surface area contributed by atoms with Gasteiger partial charge in [-0.2, -0.15) is 0 Å². The topological polar surface area (TPSA) is 35.2 Å². The van der Waals surface area contributed by atoms with Gasteiger partial charge in [-0.15, -0.1) is 0 Å². The molecule has 0 saturated heterocycles. The standard InChI is InChI=1S/C21H20ClNO/c1-15(23)20-11-10-18(13-21(20)22)17-8-5-9-19(12-17)24-14-16-6-3-2-4-7-16/h2-13,15H,14,23H2,1H3. The van der Waals surface area contributed by atoms with Crippen molar-refractivity contribution < 1.29 is 4.74 Å². The molecule has 3 aromatic carbocycles. The monoisotopic (exact) mass is 337 g/mol. The minimum absolute atomic E-state index is 0.0768. The molecule has 0 saturated carbocycles. The first-order valence-corrected chi connectivity index (χ1v) is 8.33. The summed E-state index contributed by atoms with van der Waals surface area (Å²) in [4.78, 5) is 0. The summed E-state index contributed by atoms with van der Waals surface area (Å²) >= 11 is 6.34. The van der Waals surface area contributed by atoms with Crippen LogP contribution in [0.3, 0.4) is 0 Å². The van der Waals surface area contributed by atoms with Crippen LogP contribution in [0.15, 0.2) is 72.8 Å². The van der Waals surface area contributed by atoms with Crippen molar-refractivity contribution in [2.24, 2.45) is 5.73 Å². The number of rotatable bonds is 5. The third-order valence-corrected chi connectivity index (χ3v) is 4.23. The predicted octanol–water partition coefficient (Wildman–Crippen LogP) is 5.61. The summed E-state index contributed by atoms with van der Waals surface area (Å²) in [5.74, 6) is 0.837. The van der Waals surface area contributed by atoms with Gasteiger partial charge in [0.05, 0.1) is 0 Å². The van der Waals surface area contributed by atoms with Gasteiger partial charge in [-0.05, 0) is 47.4 Å². The van der Waals surface area contributed by atoms with E-state index in [1.165, 1.54) is 0 Å². The van der Waals surface area contributed by atoms with Crippen LogP contribution in [0.5, 0.6) is 5.75 Å². The van der Waals surface area contributed by atoms with Crippen molar-refractivity contribution in [3.63, 3.8) is 0 Å². The molecular weight excluding hydrogens is 318 g/mol. The maximum absolute atomic E-state index is 6.34. The van der Waals surface area contributed by atoms with Crippen LogP contribution in [0.4, 0.5) is 0 Å². The number of nitrogens with two attached hydrogens (primary N) is 1. The van der Waals surface area contributed by atoms with E-state index in [0.29, 0.717) is 11.6 Å². The van der Waals surface area contributed by atoms with Gasteiger partial charge >= 0.3 is 0 Å². The molecule has 0 spiro atoms. The smallest absolute Gasteiger partial charge is 0.120 e. The molecule has 1 atom stereocenters. The van der Waals surface area contributed by atoms with Gasteiger partial charge in [0, 0.05) is 11.1 Å². The van der Waals surface area contributed by atoms with Crippen LogP contribution in [0.2, 0.25) is 5.02 Å². The van der Waals surface area contributed by atoms with Gasteiger partial charge in [0.2, 0.25) is 0 Å². The van der Waals surface area contributed by atoms with E-state index in [0.717, 1.165) is 28.0 Å². The van der Waals surface area contributed by atoms with E-state index >= 15 is 0 Å². The van der Waals surface area contributed by atoms with Crippen LogP contribution in [0, 0.1) is 0 Å². The summed E-state index contributed by atoms with van der Waals surface area (Å²) in [6.07, 6.45) is 0. The molecule has 24 heavy (non-hydrogen) atoms. The Morgan fingerprint density at radius 1 is 0.917 bits per heavy atom. The largest absolute Gasteiger partial charge is 0.489 e. The van der Waals surface area contributed by atoms with Gasteiger partial charge in [-0.3, -0.25) is 0 Å². The first kappa shape index (κ1) is 16.6. The molecular formula is C21H20ClNO. The molecule has 3 rings (SSSR count). The average molecular weight is 338 g/mol. The number of benzene rings is 3.